The first-order valence-electron chi connectivity index (χ1n) is 9.61. The van der Waals surface area contributed by atoms with Crippen LogP contribution < -0.4 is 9.64 Å². The van der Waals surface area contributed by atoms with E-state index < -0.39 is 23.5 Å². The number of imide groups is 1. The van der Waals surface area contributed by atoms with Crippen molar-refractivity contribution in [2.24, 2.45) is 0 Å². The van der Waals surface area contributed by atoms with Gasteiger partial charge in [0.05, 0.1) is 18.3 Å². The lowest BCUT2D eigenvalue weighted by Crippen LogP contribution is -2.33. The number of halogens is 3. The quantitative estimate of drug-likeness (QED) is 0.386. The summed E-state index contributed by atoms with van der Waals surface area (Å²) >= 11 is -0.256. The standard InChI is InChI=1S/C22H18F3N3O3S/c1-13-20(29)28(15-7-9-16(10-8-15)32-22(23,24)25)21(30)27(13)12-14-11-19(31-2)26-18-6-4-3-5-17(14)18/h3-11,13H,12H2,1-2H3. The number of ether oxygens (including phenoxy) is 1. The minimum Gasteiger partial charge on any atom is -0.481 e. The number of benzene rings is 2. The van der Waals surface area contributed by atoms with E-state index in [4.69, 9.17) is 4.74 Å². The van der Waals surface area contributed by atoms with Crippen LogP contribution in [0.25, 0.3) is 10.9 Å². The Kier molecular flexibility index (Phi) is 5.72. The third-order valence-corrected chi connectivity index (χ3v) is 5.88. The van der Waals surface area contributed by atoms with Crippen LogP contribution in [0.5, 0.6) is 5.88 Å². The molecule has 1 aliphatic rings. The van der Waals surface area contributed by atoms with E-state index in [1.165, 1.54) is 36.3 Å². The van der Waals surface area contributed by atoms with Crippen molar-refractivity contribution in [2.45, 2.75) is 29.9 Å². The average Bonchev–Trinajstić information content (AvgIpc) is 2.96. The number of methoxy groups -OCH3 is 1. The molecule has 1 fully saturated rings. The second-order valence-electron chi connectivity index (χ2n) is 7.14. The number of anilines is 1. The van der Waals surface area contributed by atoms with Gasteiger partial charge < -0.3 is 9.64 Å². The molecule has 3 aromatic rings. The molecule has 3 amide bonds. The summed E-state index contributed by atoms with van der Waals surface area (Å²) < 4.78 is 43.0. The lowest BCUT2D eigenvalue weighted by Gasteiger charge is -2.20. The highest BCUT2D eigenvalue weighted by Crippen LogP contribution is 2.38. The minimum absolute atomic E-state index is 0.0272. The molecule has 0 spiro atoms. The molecule has 10 heteroatoms. The zero-order valence-corrected chi connectivity index (χ0v) is 17.9. The Balaban J connectivity index is 1.62. The zero-order valence-electron chi connectivity index (χ0n) is 17.1. The Morgan fingerprint density at radius 1 is 1.09 bits per heavy atom. The lowest BCUT2D eigenvalue weighted by atomic mass is 10.1. The number of alkyl halides is 3. The summed E-state index contributed by atoms with van der Waals surface area (Å²) in [6, 6.07) is 13.0. The molecule has 0 saturated carbocycles. The molecule has 2 heterocycles. The van der Waals surface area contributed by atoms with Crippen LogP contribution in [-0.4, -0.2) is 40.5 Å². The van der Waals surface area contributed by atoms with Crippen molar-refractivity contribution < 1.29 is 27.5 Å². The fourth-order valence-corrected chi connectivity index (χ4v) is 4.13. The number of nitrogens with zero attached hydrogens (tertiary/aromatic N) is 3. The van der Waals surface area contributed by atoms with Gasteiger partial charge in [-0.25, -0.2) is 14.7 Å². The van der Waals surface area contributed by atoms with Crippen molar-refractivity contribution in [1.82, 2.24) is 9.88 Å². The number of hydrogen-bond donors (Lipinski definition) is 0. The van der Waals surface area contributed by atoms with Gasteiger partial charge in [-0.2, -0.15) is 13.2 Å². The number of thioether (sulfide) groups is 1. The highest BCUT2D eigenvalue weighted by Gasteiger charge is 2.43. The molecule has 166 valence electrons. The Morgan fingerprint density at radius 2 is 1.78 bits per heavy atom. The van der Waals surface area contributed by atoms with Crippen molar-refractivity contribution >= 4 is 40.3 Å². The summed E-state index contributed by atoms with van der Waals surface area (Å²) in [5.41, 5.74) is -2.74. The molecule has 1 saturated heterocycles. The van der Waals surface area contributed by atoms with Gasteiger partial charge in [0.2, 0.25) is 5.88 Å². The van der Waals surface area contributed by atoms with Crippen molar-refractivity contribution in [3.63, 3.8) is 0 Å². The van der Waals surface area contributed by atoms with Crippen LogP contribution in [0.3, 0.4) is 0 Å². The number of para-hydroxylation sites is 1. The van der Waals surface area contributed by atoms with Crippen molar-refractivity contribution in [1.29, 1.82) is 0 Å². The maximum atomic E-state index is 13.1. The van der Waals surface area contributed by atoms with Gasteiger partial charge in [-0.1, -0.05) is 18.2 Å². The Hall–Kier alpha value is -3.27. The number of carbonyl (C=O) groups excluding carboxylic acids is 2. The second-order valence-corrected chi connectivity index (χ2v) is 8.28. The molecule has 1 unspecified atom stereocenters. The van der Waals surface area contributed by atoms with E-state index in [-0.39, 0.29) is 28.9 Å². The second kappa shape index (κ2) is 8.34. The lowest BCUT2D eigenvalue weighted by molar-refractivity contribution is -0.119. The Morgan fingerprint density at radius 3 is 2.44 bits per heavy atom. The van der Waals surface area contributed by atoms with E-state index in [0.717, 1.165) is 15.8 Å². The molecule has 1 atom stereocenters. The third kappa shape index (κ3) is 4.22. The summed E-state index contributed by atoms with van der Waals surface area (Å²) in [5, 5.41) is 0.827. The molecular weight excluding hydrogens is 443 g/mol. The summed E-state index contributed by atoms with van der Waals surface area (Å²) in [7, 11) is 1.50. The molecule has 4 rings (SSSR count). The van der Waals surface area contributed by atoms with E-state index in [1.807, 2.05) is 24.3 Å². The van der Waals surface area contributed by atoms with Gasteiger partial charge in [0.15, 0.2) is 0 Å². The normalized spacial score (nSPS) is 16.8. The van der Waals surface area contributed by atoms with E-state index in [1.54, 1.807) is 13.0 Å². The maximum Gasteiger partial charge on any atom is 0.446 e. The van der Waals surface area contributed by atoms with Gasteiger partial charge in [0.25, 0.3) is 5.91 Å². The molecule has 1 aliphatic heterocycles. The first-order valence-corrected chi connectivity index (χ1v) is 10.4. The smallest absolute Gasteiger partial charge is 0.446 e. The van der Waals surface area contributed by atoms with Crippen molar-refractivity contribution in [2.75, 3.05) is 12.0 Å². The van der Waals surface area contributed by atoms with Crippen LogP contribution in [0.4, 0.5) is 23.7 Å². The predicted molar refractivity (Wildman–Crippen MR) is 115 cm³/mol. The summed E-state index contributed by atoms with van der Waals surface area (Å²) in [6.07, 6.45) is 0. The highest BCUT2D eigenvalue weighted by molar-refractivity contribution is 8.00. The van der Waals surface area contributed by atoms with Gasteiger partial charge in [0, 0.05) is 22.9 Å². The molecule has 6 nitrogen and oxygen atoms in total. The minimum atomic E-state index is -4.42. The monoisotopic (exact) mass is 461 g/mol. The number of hydrogen-bond acceptors (Lipinski definition) is 5. The van der Waals surface area contributed by atoms with Gasteiger partial charge >= 0.3 is 11.5 Å². The first-order chi connectivity index (χ1) is 15.2. The number of fused-ring (bicyclic) bond motifs is 1. The van der Waals surface area contributed by atoms with Crippen molar-refractivity contribution in [3.8, 4) is 5.88 Å². The van der Waals surface area contributed by atoms with Gasteiger partial charge in [-0.05, 0) is 54.6 Å². The topological polar surface area (TPSA) is 62.7 Å². The summed E-state index contributed by atoms with van der Waals surface area (Å²) in [4.78, 5) is 32.8. The number of amides is 3. The molecule has 0 N–H and O–H groups in total. The molecule has 2 aromatic carbocycles. The van der Waals surface area contributed by atoms with Crippen LogP contribution in [0.15, 0.2) is 59.5 Å². The largest absolute Gasteiger partial charge is 0.481 e. The SMILES string of the molecule is COc1cc(CN2C(=O)N(c3ccc(SC(F)(F)F)cc3)C(=O)C2C)c2ccccc2n1. The molecular formula is C22H18F3N3O3S. The van der Waals surface area contributed by atoms with Crippen LogP contribution in [0.2, 0.25) is 0 Å². The molecule has 32 heavy (non-hydrogen) atoms. The zero-order chi connectivity index (χ0) is 23.0. The van der Waals surface area contributed by atoms with Crippen molar-refractivity contribution in [3.05, 3.63) is 60.2 Å². The average molecular weight is 461 g/mol. The van der Waals surface area contributed by atoms with Crippen LogP contribution in [-0.2, 0) is 11.3 Å². The number of aromatic nitrogens is 1. The van der Waals surface area contributed by atoms with Gasteiger partial charge in [-0.3, -0.25) is 4.79 Å². The number of urea groups is 1. The number of pyridine rings is 1. The van der Waals surface area contributed by atoms with E-state index in [0.29, 0.717) is 11.4 Å². The summed E-state index contributed by atoms with van der Waals surface area (Å²) in [6.45, 7) is 1.76. The maximum absolute atomic E-state index is 13.1. The predicted octanol–water partition coefficient (Wildman–Crippen LogP) is 5.21. The van der Waals surface area contributed by atoms with E-state index in [2.05, 4.69) is 4.98 Å². The Labute approximate surface area is 186 Å². The highest BCUT2D eigenvalue weighted by atomic mass is 32.2. The first kappa shape index (κ1) is 21.9. The van der Waals surface area contributed by atoms with Gasteiger partial charge in [-0.15, -0.1) is 0 Å². The molecule has 0 bridgehead atoms. The van der Waals surface area contributed by atoms with Gasteiger partial charge in [0.1, 0.15) is 6.04 Å². The Bertz CT molecular complexity index is 1180. The molecule has 0 radical (unpaired) electrons. The van der Waals surface area contributed by atoms with Crippen LogP contribution in [0.1, 0.15) is 12.5 Å². The number of rotatable bonds is 5. The third-order valence-electron chi connectivity index (χ3n) is 5.14. The fourth-order valence-electron chi connectivity index (χ4n) is 3.59. The molecule has 1 aromatic heterocycles. The van der Waals surface area contributed by atoms with Crippen LogP contribution >= 0.6 is 11.8 Å². The summed E-state index contributed by atoms with van der Waals surface area (Å²) in [5.74, 6) is -0.0597. The molecule has 0 aliphatic carbocycles. The van der Waals surface area contributed by atoms with Crippen LogP contribution in [0, 0.1) is 0 Å². The number of carbonyl (C=O) groups is 2. The fraction of sp³-hybridized carbons (Fsp3) is 0.227. The van der Waals surface area contributed by atoms with E-state index in [9.17, 15) is 22.8 Å². The van der Waals surface area contributed by atoms with E-state index >= 15 is 0 Å².